The third kappa shape index (κ3) is 4.80. The molecule has 8 nitrogen and oxygen atoms in total. The Labute approximate surface area is 181 Å². The van der Waals surface area contributed by atoms with Gasteiger partial charge in [0.1, 0.15) is 17.1 Å². The summed E-state index contributed by atoms with van der Waals surface area (Å²) in [4.78, 5) is 42.2. The predicted molar refractivity (Wildman–Crippen MR) is 116 cm³/mol. The fraction of sp³-hybridized carbons (Fsp3) is 0.300. The second kappa shape index (κ2) is 9.73. The van der Waals surface area contributed by atoms with Gasteiger partial charge in [0, 0.05) is 11.1 Å². The zero-order valence-electron chi connectivity index (χ0n) is 16.4. The summed E-state index contributed by atoms with van der Waals surface area (Å²) in [5.74, 6) is -0.526. The molecule has 1 aromatic carbocycles. The number of aromatic nitrogens is 2. The molecule has 0 saturated carbocycles. The standard InChI is InChI=1S/C20H20ClN3O5S/c1-3-4-7-29-20(27)13-10-30-18-17(13)19(26)24(11-22-18)9-16(25)23-12-5-6-15(28-2)14(21)8-12/h5-6,8,10-11H,3-4,7,9H2,1-2H3,(H,23,25). The fourth-order valence-electron chi connectivity index (χ4n) is 2.72. The van der Waals surface area contributed by atoms with Gasteiger partial charge in [0.2, 0.25) is 5.91 Å². The Bertz CT molecular complexity index is 1140. The molecule has 0 aliphatic heterocycles. The molecule has 0 fully saturated rings. The minimum atomic E-state index is -0.566. The maximum absolute atomic E-state index is 12.9. The number of fused-ring (bicyclic) bond motifs is 1. The van der Waals surface area contributed by atoms with Crippen molar-refractivity contribution >= 4 is 50.7 Å². The third-order valence-electron chi connectivity index (χ3n) is 4.26. The largest absolute Gasteiger partial charge is 0.495 e. The normalized spacial score (nSPS) is 10.8. The zero-order valence-corrected chi connectivity index (χ0v) is 18.0. The van der Waals surface area contributed by atoms with E-state index in [4.69, 9.17) is 21.1 Å². The van der Waals surface area contributed by atoms with E-state index in [9.17, 15) is 14.4 Å². The third-order valence-corrected chi connectivity index (χ3v) is 5.44. The molecule has 1 N–H and O–H groups in total. The molecule has 1 amide bonds. The van der Waals surface area contributed by atoms with Crippen molar-refractivity contribution in [3.8, 4) is 5.75 Å². The highest BCUT2D eigenvalue weighted by atomic mass is 35.5. The highest BCUT2D eigenvalue weighted by molar-refractivity contribution is 7.17. The molecule has 3 aromatic rings. The Morgan fingerprint density at radius 3 is 2.83 bits per heavy atom. The monoisotopic (exact) mass is 449 g/mol. The molecule has 0 aliphatic carbocycles. The minimum Gasteiger partial charge on any atom is -0.495 e. The number of rotatable bonds is 8. The first-order valence-corrected chi connectivity index (χ1v) is 10.5. The van der Waals surface area contributed by atoms with E-state index in [1.807, 2.05) is 6.92 Å². The number of hydrogen-bond acceptors (Lipinski definition) is 7. The van der Waals surface area contributed by atoms with Crippen LogP contribution in [-0.4, -0.2) is 35.1 Å². The van der Waals surface area contributed by atoms with Crippen molar-refractivity contribution in [3.63, 3.8) is 0 Å². The van der Waals surface area contributed by atoms with Crippen LogP contribution in [-0.2, 0) is 16.1 Å². The maximum Gasteiger partial charge on any atom is 0.339 e. The summed E-state index contributed by atoms with van der Waals surface area (Å²) in [5, 5.41) is 4.72. The molecule has 30 heavy (non-hydrogen) atoms. The average molecular weight is 450 g/mol. The lowest BCUT2D eigenvalue weighted by atomic mass is 10.2. The molecule has 158 valence electrons. The predicted octanol–water partition coefficient (Wildman–Crippen LogP) is 3.72. The van der Waals surface area contributed by atoms with E-state index in [-0.39, 0.29) is 24.1 Å². The number of thiophene rings is 1. The van der Waals surface area contributed by atoms with Gasteiger partial charge >= 0.3 is 5.97 Å². The summed E-state index contributed by atoms with van der Waals surface area (Å²) in [5.41, 5.74) is 0.149. The van der Waals surface area contributed by atoms with Crippen molar-refractivity contribution in [2.75, 3.05) is 19.0 Å². The van der Waals surface area contributed by atoms with Crippen LogP contribution in [0.15, 0.2) is 34.7 Å². The number of carbonyl (C=O) groups excluding carboxylic acids is 2. The van der Waals surface area contributed by atoms with Crippen LogP contribution >= 0.6 is 22.9 Å². The number of halogens is 1. The topological polar surface area (TPSA) is 99.5 Å². The van der Waals surface area contributed by atoms with Crippen molar-refractivity contribution in [1.29, 1.82) is 0 Å². The van der Waals surface area contributed by atoms with Crippen molar-refractivity contribution < 1.29 is 19.1 Å². The van der Waals surface area contributed by atoms with Gasteiger partial charge in [-0.25, -0.2) is 9.78 Å². The van der Waals surface area contributed by atoms with Crippen LogP contribution in [0.2, 0.25) is 5.02 Å². The van der Waals surface area contributed by atoms with E-state index in [2.05, 4.69) is 10.3 Å². The second-order valence-corrected chi connectivity index (χ2v) is 7.66. The molecule has 0 bridgehead atoms. The molecule has 0 atom stereocenters. The molecule has 0 radical (unpaired) electrons. The van der Waals surface area contributed by atoms with Gasteiger partial charge in [-0.3, -0.25) is 14.2 Å². The number of nitrogens with one attached hydrogen (secondary N) is 1. The molecule has 0 aliphatic rings. The van der Waals surface area contributed by atoms with Gasteiger partial charge < -0.3 is 14.8 Å². The molecular weight excluding hydrogens is 430 g/mol. The first kappa shape index (κ1) is 21.8. The van der Waals surface area contributed by atoms with Crippen molar-refractivity contribution in [2.24, 2.45) is 0 Å². The number of ether oxygens (including phenoxy) is 2. The van der Waals surface area contributed by atoms with Crippen LogP contribution < -0.4 is 15.6 Å². The Morgan fingerprint density at radius 2 is 2.13 bits per heavy atom. The van der Waals surface area contributed by atoms with Crippen LogP contribution in [0.3, 0.4) is 0 Å². The molecule has 2 aromatic heterocycles. The van der Waals surface area contributed by atoms with Crippen molar-refractivity contribution in [3.05, 3.63) is 50.8 Å². The van der Waals surface area contributed by atoms with Gasteiger partial charge in [-0.05, 0) is 24.6 Å². The molecule has 0 unspecified atom stereocenters. The van der Waals surface area contributed by atoms with E-state index in [1.54, 1.807) is 23.6 Å². The highest BCUT2D eigenvalue weighted by Crippen LogP contribution is 2.27. The van der Waals surface area contributed by atoms with Crippen molar-refractivity contribution in [1.82, 2.24) is 9.55 Å². The Kier molecular flexibility index (Phi) is 7.07. The van der Waals surface area contributed by atoms with E-state index in [0.717, 1.165) is 17.4 Å². The number of unbranched alkanes of at least 4 members (excludes halogenated alkanes) is 1. The summed E-state index contributed by atoms with van der Waals surface area (Å²) in [6.07, 6.45) is 2.92. The number of nitrogens with zero attached hydrogens (tertiary/aromatic N) is 2. The SMILES string of the molecule is CCCCOC(=O)c1csc2ncn(CC(=O)Nc3ccc(OC)c(Cl)c3)c(=O)c12. The van der Waals surface area contributed by atoms with Gasteiger partial charge in [-0.2, -0.15) is 0 Å². The maximum atomic E-state index is 12.9. The van der Waals surface area contributed by atoms with E-state index >= 15 is 0 Å². The Balaban J connectivity index is 1.79. The first-order valence-electron chi connectivity index (χ1n) is 9.21. The number of amides is 1. The molecule has 0 spiro atoms. The molecule has 0 saturated heterocycles. The lowest BCUT2D eigenvalue weighted by Crippen LogP contribution is -2.28. The highest BCUT2D eigenvalue weighted by Gasteiger charge is 2.19. The van der Waals surface area contributed by atoms with Gasteiger partial charge in [0.15, 0.2) is 0 Å². The van der Waals surface area contributed by atoms with Crippen LogP contribution in [0, 0.1) is 0 Å². The Hall–Kier alpha value is -2.91. The van der Waals surface area contributed by atoms with Crippen molar-refractivity contribution in [2.45, 2.75) is 26.3 Å². The van der Waals surface area contributed by atoms with E-state index in [0.29, 0.717) is 21.3 Å². The van der Waals surface area contributed by atoms with Gasteiger partial charge in [0.25, 0.3) is 5.56 Å². The van der Waals surface area contributed by atoms with Crippen LogP contribution in [0.25, 0.3) is 10.2 Å². The van der Waals surface area contributed by atoms with E-state index in [1.165, 1.54) is 24.8 Å². The molecule has 2 heterocycles. The second-order valence-electron chi connectivity index (χ2n) is 6.39. The lowest BCUT2D eigenvalue weighted by Gasteiger charge is -2.09. The number of benzene rings is 1. The average Bonchev–Trinajstić information content (AvgIpc) is 3.15. The summed E-state index contributed by atoms with van der Waals surface area (Å²) >= 11 is 7.24. The molecule has 10 heteroatoms. The minimum absolute atomic E-state index is 0.157. The number of hydrogen-bond donors (Lipinski definition) is 1. The molecular formula is C20H20ClN3O5S. The Morgan fingerprint density at radius 1 is 1.33 bits per heavy atom. The van der Waals surface area contributed by atoms with Crippen LogP contribution in [0.1, 0.15) is 30.1 Å². The summed E-state index contributed by atoms with van der Waals surface area (Å²) < 4.78 is 11.4. The first-order chi connectivity index (χ1) is 14.4. The van der Waals surface area contributed by atoms with E-state index < -0.39 is 17.4 Å². The number of esters is 1. The van der Waals surface area contributed by atoms with Crippen LogP contribution in [0.4, 0.5) is 5.69 Å². The summed E-state index contributed by atoms with van der Waals surface area (Å²) in [6.45, 7) is 2.00. The summed E-state index contributed by atoms with van der Waals surface area (Å²) in [7, 11) is 1.49. The fourth-order valence-corrected chi connectivity index (χ4v) is 3.84. The number of anilines is 1. The molecule has 3 rings (SSSR count). The quantitative estimate of drug-likeness (QED) is 0.415. The van der Waals surface area contributed by atoms with Gasteiger partial charge in [-0.15, -0.1) is 11.3 Å². The van der Waals surface area contributed by atoms with Crippen LogP contribution in [0.5, 0.6) is 5.75 Å². The number of carbonyl (C=O) groups is 2. The smallest absolute Gasteiger partial charge is 0.339 e. The number of methoxy groups -OCH3 is 1. The van der Waals surface area contributed by atoms with Gasteiger partial charge in [-0.1, -0.05) is 24.9 Å². The van der Waals surface area contributed by atoms with Gasteiger partial charge in [0.05, 0.1) is 36.0 Å². The summed E-state index contributed by atoms with van der Waals surface area (Å²) in [6, 6.07) is 4.81. The lowest BCUT2D eigenvalue weighted by molar-refractivity contribution is -0.116. The zero-order chi connectivity index (χ0) is 21.7.